The van der Waals surface area contributed by atoms with Crippen LogP contribution in [-0.2, 0) is 12.7 Å². The lowest BCUT2D eigenvalue weighted by Crippen LogP contribution is -2.44. The van der Waals surface area contributed by atoms with Gasteiger partial charge in [0.15, 0.2) is 5.96 Å². The van der Waals surface area contributed by atoms with E-state index in [2.05, 4.69) is 20.5 Å². The first-order valence-corrected chi connectivity index (χ1v) is 9.07. The predicted molar refractivity (Wildman–Crippen MR) is 94.9 cm³/mol. The van der Waals surface area contributed by atoms with Crippen molar-refractivity contribution in [2.24, 2.45) is 4.99 Å². The summed E-state index contributed by atoms with van der Waals surface area (Å²) in [5.41, 5.74) is 0.0990. The van der Waals surface area contributed by atoms with E-state index < -0.39 is 24.3 Å². The third-order valence-corrected chi connectivity index (χ3v) is 4.31. The Kier molecular flexibility index (Phi) is 7.56. The van der Waals surface area contributed by atoms with E-state index in [-0.39, 0.29) is 12.6 Å². The van der Waals surface area contributed by atoms with E-state index in [9.17, 15) is 26.3 Å². The van der Waals surface area contributed by atoms with Crippen molar-refractivity contribution in [2.45, 2.75) is 44.7 Å². The fourth-order valence-corrected chi connectivity index (χ4v) is 2.96. The Labute approximate surface area is 160 Å². The van der Waals surface area contributed by atoms with Gasteiger partial charge < -0.3 is 10.6 Å². The largest absolute Gasteiger partial charge is 0.416 e. The number of nitrogens with zero attached hydrogens (tertiary/aromatic N) is 2. The smallest absolute Gasteiger partial charge is 0.357 e. The maximum absolute atomic E-state index is 12.6. The molecule has 0 aliphatic carbocycles. The molecule has 0 aromatic heterocycles. The lowest BCUT2D eigenvalue weighted by Gasteiger charge is -2.19. The van der Waals surface area contributed by atoms with Crippen LogP contribution in [0.5, 0.6) is 0 Å². The number of halogens is 6. The number of benzene rings is 1. The highest BCUT2D eigenvalue weighted by Crippen LogP contribution is 2.29. The Hall–Kier alpha value is -1.97. The predicted octanol–water partition coefficient (Wildman–Crippen LogP) is 3.79. The Morgan fingerprint density at radius 3 is 2.39 bits per heavy atom. The summed E-state index contributed by atoms with van der Waals surface area (Å²) in [6.07, 6.45) is -8.80. The third-order valence-electron chi connectivity index (χ3n) is 4.31. The Balaban J connectivity index is 1.85. The molecule has 1 aromatic carbocycles. The molecule has 0 amide bonds. The lowest BCUT2D eigenvalue weighted by molar-refractivity contribution is -0.137. The first-order chi connectivity index (χ1) is 13.1. The summed E-state index contributed by atoms with van der Waals surface area (Å²) in [6, 6.07) is 5.08. The van der Waals surface area contributed by atoms with Crippen LogP contribution in [0, 0.1) is 0 Å². The van der Waals surface area contributed by atoms with Gasteiger partial charge >= 0.3 is 12.4 Å². The van der Waals surface area contributed by atoms with E-state index in [1.165, 1.54) is 12.1 Å². The van der Waals surface area contributed by atoms with E-state index in [1.807, 2.05) is 6.92 Å². The summed E-state index contributed by atoms with van der Waals surface area (Å²) in [6.45, 7) is 3.89. The van der Waals surface area contributed by atoms with Gasteiger partial charge in [0.2, 0.25) is 0 Å². The maximum atomic E-state index is 12.6. The molecule has 1 atom stereocenters. The zero-order valence-electron chi connectivity index (χ0n) is 15.5. The minimum absolute atomic E-state index is 0.0122. The first-order valence-electron chi connectivity index (χ1n) is 9.07. The minimum Gasteiger partial charge on any atom is -0.357 e. The van der Waals surface area contributed by atoms with Crippen molar-refractivity contribution in [3.8, 4) is 0 Å². The van der Waals surface area contributed by atoms with Crippen molar-refractivity contribution in [2.75, 3.05) is 26.2 Å². The number of alkyl halides is 6. The summed E-state index contributed by atoms with van der Waals surface area (Å²) < 4.78 is 74.6. The zero-order chi connectivity index (χ0) is 20.8. The number of nitrogens with one attached hydrogen (secondary N) is 2. The standard InChI is InChI=1S/C18H24F6N4/c1-2-25-16(26-9-8-17(19,20)21)27-15-7-10-28(12-15)11-13-3-5-14(6-4-13)18(22,23)24/h3-6,15H,2,7-12H2,1H3,(H2,25,26,27). The summed E-state index contributed by atoms with van der Waals surface area (Å²) in [4.78, 5) is 6.04. The SMILES string of the molecule is CCNC(=NCCC(F)(F)F)NC1CCN(Cc2ccc(C(F)(F)F)cc2)C1. The van der Waals surface area contributed by atoms with Crippen LogP contribution in [-0.4, -0.2) is 49.3 Å². The minimum atomic E-state index is -4.35. The molecule has 0 spiro atoms. The van der Waals surface area contributed by atoms with Gasteiger partial charge in [-0.25, -0.2) is 0 Å². The van der Waals surface area contributed by atoms with Gasteiger partial charge in [-0.2, -0.15) is 26.3 Å². The Morgan fingerprint density at radius 2 is 1.82 bits per heavy atom. The van der Waals surface area contributed by atoms with Crippen LogP contribution in [0.1, 0.15) is 30.9 Å². The van der Waals surface area contributed by atoms with Crippen LogP contribution < -0.4 is 10.6 Å². The van der Waals surface area contributed by atoms with Gasteiger partial charge in [-0.15, -0.1) is 0 Å². The topological polar surface area (TPSA) is 39.7 Å². The van der Waals surface area contributed by atoms with Crippen LogP contribution in [0.4, 0.5) is 26.3 Å². The monoisotopic (exact) mass is 410 g/mol. The Morgan fingerprint density at radius 1 is 1.14 bits per heavy atom. The van der Waals surface area contributed by atoms with Gasteiger partial charge in [-0.1, -0.05) is 12.1 Å². The van der Waals surface area contributed by atoms with Crippen LogP contribution in [0.2, 0.25) is 0 Å². The van der Waals surface area contributed by atoms with Crippen molar-refractivity contribution in [3.63, 3.8) is 0 Å². The highest BCUT2D eigenvalue weighted by Gasteiger charge is 2.30. The second kappa shape index (κ2) is 9.49. The highest BCUT2D eigenvalue weighted by atomic mass is 19.4. The lowest BCUT2D eigenvalue weighted by atomic mass is 10.1. The quantitative estimate of drug-likeness (QED) is 0.426. The van der Waals surface area contributed by atoms with E-state index >= 15 is 0 Å². The molecule has 1 aliphatic rings. The number of hydrogen-bond donors (Lipinski definition) is 2. The van der Waals surface area contributed by atoms with Gasteiger partial charge in [-0.3, -0.25) is 9.89 Å². The van der Waals surface area contributed by atoms with Gasteiger partial charge in [-0.05, 0) is 31.0 Å². The Bertz CT molecular complexity index is 639. The summed E-state index contributed by atoms with van der Waals surface area (Å²) in [5, 5.41) is 6.06. The number of rotatable bonds is 6. The molecule has 4 nitrogen and oxygen atoms in total. The molecule has 0 saturated carbocycles. The molecule has 28 heavy (non-hydrogen) atoms. The van der Waals surface area contributed by atoms with Gasteiger partial charge in [0.1, 0.15) is 0 Å². The number of aliphatic imine (C=N–C) groups is 1. The van der Waals surface area contributed by atoms with E-state index in [0.717, 1.165) is 30.7 Å². The second-order valence-corrected chi connectivity index (χ2v) is 6.69. The molecule has 10 heteroatoms. The van der Waals surface area contributed by atoms with Crippen molar-refractivity contribution in [1.29, 1.82) is 0 Å². The molecule has 1 unspecified atom stereocenters. The fourth-order valence-electron chi connectivity index (χ4n) is 2.96. The molecule has 0 bridgehead atoms. The summed E-state index contributed by atoms with van der Waals surface area (Å²) in [5.74, 6) is 0.341. The molecule has 1 aliphatic heterocycles. The van der Waals surface area contributed by atoms with Crippen molar-refractivity contribution in [3.05, 3.63) is 35.4 Å². The van der Waals surface area contributed by atoms with Gasteiger partial charge in [0.25, 0.3) is 0 Å². The molecule has 1 saturated heterocycles. The van der Waals surface area contributed by atoms with E-state index in [0.29, 0.717) is 25.6 Å². The average molecular weight is 410 g/mol. The van der Waals surface area contributed by atoms with Gasteiger partial charge in [0, 0.05) is 32.2 Å². The molecule has 2 rings (SSSR count). The van der Waals surface area contributed by atoms with Crippen LogP contribution in [0.3, 0.4) is 0 Å². The number of hydrogen-bond acceptors (Lipinski definition) is 2. The van der Waals surface area contributed by atoms with Crippen LogP contribution in [0.15, 0.2) is 29.3 Å². The molecule has 158 valence electrons. The third kappa shape index (κ3) is 7.57. The van der Waals surface area contributed by atoms with E-state index in [4.69, 9.17) is 0 Å². The average Bonchev–Trinajstić information content (AvgIpc) is 3.00. The zero-order valence-corrected chi connectivity index (χ0v) is 15.5. The van der Waals surface area contributed by atoms with Gasteiger partial charge in [0.05, 0.1) is 18.5 Å². The highest BCUT2D eigenvalue weighted by molar-refractivity contribution is 5.80. The normalized spacial score (nSPS) is 19.1. The van der Waals surface area contributed by atoms with E-state index in [1.54, 1.807) is 0 Å². The molecule has 1 aromatic rings. The summed E-state index contributed by atoms with van der Waals surface area (Å²) in [7, 11) is 0. The first kappa shape index (κ1) is 22.3. The number of guanidine groups is 1. The van der Waals surface area contributed by atoms with Crippen molar-refractivity contribution in [1.82, 2.24) is 15.5 Å². The molecule has 1 fully saturated rings. The van der Waals surface area contributed by atoms with Crippen LogP contribution in [0.25, 0.3) is 0 Å². The molecule has 1 heterocycles. The van der Waals surface area contributed by atoms with Crippen molar-refractivity contribution >= 4 is 5.96 Å². The van der Waals surface area contributed by atoms with Crippen molar-refractivity contribution < 1.29 is 26.3 Å². The fraction of sp³-hybridized carbons (Fsp3) is 0.611. The van der Waals surface area contributed by atoms with Crippen LogP contribution >= 0.6 is 0 Å². The molecule has 2 N–H and O–H groups in total. The molecular formula is C18H24F6N4. The second-order valence-electron chi connectivity index (χ2n) is 6.69. The molecule has 0 radical (unpaired) electrons. The molecular weight excluding hydrogens is 386 g/mol. The summed E-state index contributed by atoms with van der Waals surface area (Å²) >= 11 is 0. The maximum Gasteiger partial charge on any atom is 0.416 e. The number of likely N-dealkylation sites (tertiary alicyclic amines) is 1.